The minimum atomic E-state index is 0.832. The number of rotatable bonds is 8. The van der Waals surface area contributed by atoms with Gasteiger partial charge in [-0.15, -0.1) is 0 Å². The van der Waals surface area contributed by atoms with Crippen molar-refractivity contribution in [2.24, 2.45) is 0 Å². The van der Waals surface area contributed by atoms with E-state index in [0.717, 1.165) is 50.1 Å². The Hall–Kier alpha value is -1.26. The molecule has 4 N–H and O–H groups in total. The summed E-state index contributed by atoms with van der Waals surface area (Å²) in [4.78, 5) is 4.39. The molecule has 0 radical (unpaired) electrons. The van der Waals surface area contributed by atoms with Gasteiger partial charge in [0.25, 0.3) is 0 Å². The van der Waals surface area contributed by atoms with Crippen LogP contribution >= 0.6 is 0 Å². The van der Waals surface area contributed by atoms with Crippen molar-refractivity contribution in [3.63, 3.8) is 0 Å². The summed E-state index contributed by atoms with van der Waals surface area (Å²) in [6.45, 7) is 2.15. The molecule has 4 nitrogen and oxygen atoms in total. The molecule has 0 heterocycles. The first-order valence-corrected chi connectivity index (χ1v) is 7.36. The zero-order chi connectivity index (χ0) is 15.1. The lowest BCUT2D eigenvalue weighted by molar-refractivity contribution is 0.399. The lowest BCUT2D eigenvalue weighted by Gasteiger charge is -2.15. The molecule has 0 spiro atoms. The fourth-order valence-electron chi connectivity index (χ4n) is 2.39. The molecule has 0 atom stereocenters. The van der Waals surface area contributed by atoms with Crippen molar-refractivity contribution >= 4 is 11.4 Å². The molecule has 0 fully saturated rings. The van der Waals surface area contributed by atoms with Crippen molar-refractivity contribution in [2.75, 3.05) is 52.7 Å². The summed E-state index contributed by atoms with van der Waals surface area (Å²) in [6.07, 6.45) is 4.21. The van der Waals surface area contributed by atoms with E-state index in [1.807, 2.05) is 12.1 Å². The smallest absolute Gasteiger partial charge is 0.0380 e. The van der Waals surface area contributed by atoms with Crippen molar-refractivity contribution in [1.82, 2.24) is 9.80 Å². The Labute approximate surface area is 123 Å². The normalized spacial score (nSPS) is 11.5. The molecule has 0 aliphatic carbocycles. The predicted molar refractivity (Wildman–Crippen MR) is 89.0 cm³/mol. The number of nitrogen functional groups attached to an aromatic ring is 2. The topological polar surface area (TPSA) is 58.5 Å². The minimum absolute atomic E-state index is 0.832. The summed E-state index contributed by atoms with van der Waals surface area (Å²) in [5.74, 6) is 0. The molecule has 0 bridgehead atoms. The van der Waals surface area contributed by atoms with Crippen LogP contribution in [0.5, 0.6) is 0 Å². The van der Waals surface area contributed by atoms with Crippen molar-refractivity contribution in [3.05, 3.63) is 23.3 Å². The van der Waals surface area contributed by atoms with Gasteiger partial charge in [-0.1, -0.05) is 0 Å². The van der Waals surface area contributed by atoms with Gasteiger partial charge in [-0.05, 0) is 90.2 Å². The lowest BCUT2D eigenvalue weighted by Crippen LogP contribution is -2.15. The van der Waals surface area contributed by atoms with Crippen molar-refractivity contribution in [2.45, 2.75) is 25.7 Å². The highest BCUT2D eigenvalue weighted by Gasteiger charge is 2.07. The Morgan fingerprint density at radius 2 is 1.20 bits per heavy atom. The third kappa shape index (κ3) is 5.80. The van der Waals surface area contributed by atoms with Gasteiger partial charge in [-0.25, -0.2) is 0 Å². The van der Waals surface area contributed by atoms with Crippen LogP contribution < -0.4 is 11.5 Å². The van der Waals surface area contributed by atoms with Crippen LogP contribution in [0, 0.1) is 0 Å². The molecular weight excluding hydrogens is 248 g/mol. The highest BCUT2D eigenvalue weighted by atomic mass is 15.0. The molecular formula is C16H30N4. The second-order valence-corrected chi connectivity index (χ2v) is 6.07. The summed E-state index contributed by atoms with van der Waals surface area (Å²) < 4.78 is 0. The molecule has 1 aromatic rings. The fourth-order valence-corrected chi connectivity index (χ4v) is 2.39. The zero-order valence-electron chi connectivity index (χ0n) is 13.4. The van der Waals surface area contributed by atoms with Crippen LogP contribution in [0.1, 0.15) is 24.0 Å². The number of hydrogen-bond acceptors (Lipinski definition) is 4. The van der Waals surface area contributed by atoms with E-state index < -0.39 is 0 Å². The van der Waals surface area contributed by atoms with Crippen LogP contribution in [-0.2, 0) is 12.8 Å². The summed E-state index contributed by atoms with van der Waals surface area (Å²) in [5, 5.41) is 0. The van der Waals surface area contributed by atoms with Gasteiger partial charge in [0.1, 0.15) is 0 Å². The van der Waals surface area contributed by atoms with E-state index in [9.17, 15) is 0 Å². The molecule has 114 valence electrons. The van der Waals surface area contributed by atoms with Crippen LogP contribution in [0.3, 0.4) is 0 Å². The second-order valence-electron chi connectivity index (χ2n) is 6.07. The second kappa shape index (κ2) is 8.12. The molecule has 0 aliphatic heterocycles. The summed E-state index contributed by atoms with van der Waals surface area (Å²) in [6, 6.07) is 4.06. The maximum absolute atomic E-state index is 6.30. The Morgan fingerprint density at radius 1 is 0.800 bits per heavy atom. The third-order valence-corrected chi connectivity index (χ3v) is 3.48. The monoisotopic (exact) mass is 278 g/mol. The van der Waals surface area contributed by atoms with E-state index in [0.29, 0.717) is 0 Å². The molecule has 1 rings (SSSR count). The van der Waals surface area contributed by atoms with Gasteiger partial charge < -0.3 is 21.3 Å². The van der Waals surface area contributed by atoms with Crippen LogP contribution in [0.2, 0.25) is 0 Å². The molecule has 0 aliphatic rings. The number of benzene rings is 1. The molecule has 20 heavy (non-hydrogen) atoms. The van der Waals surface area contributed by atoms with E-state index >= 15 is 0 Å². The maximum Gasteiger partial charge on any atom is 0.0380 e. The molecule has 1 aromatic carbocycles. The minimum Gasteiger partial charge on any atom is -0.399 e. The number of nitrogens with zero attached hydrogens (tertiary/aromatic N) is 2. The van der Waals surface area contributed by atoms with Gasteiger partial charge in [0.15, 0.2) is 0 Å². The Balaban J connectivity index is 2.68. The number of nitrogens with two attached hydrogens (primary N) is 2. The van der Waals surface area contributed by atoms with E-state index in [2.05, 4.69) is 38.0 Å². The molecule has 0 unspecified atom stereocenters. The Morgan fingerprint density at radius 3 is 1.55 bits per heavy atom. The van der Waals surface area contributed by atoms with Crippen LogP contribution in [0.15, 0.2) is 12.1 Å². The molecule has 0 saturated carbocycles. The fraction of sp³-hybridized carbons (Fsp3) is 0.625. The first-order valence-electron chi connectivity index (χ1n) is 7.36. The average molecular weight is 278 g/mol. The van der Waals surface area contributed by atoms with E-state index in [4.69, 9.17) is 11.5 Å². The summed E-state index contributed by atoms with van der Waals surface area (Å²) >= 11 is 0. The number of hydrogen-bond donors (Lipinski definition) is 2. The Bertz CT molecular complexity index is 378. The quantitative estimate of drug-likeness (QED) is 0.712. The van der Waals surface area contributed by atoms with E-state index in [1.54, 1.807) is 0 Å². The van der Waals surface area contributed by atoms with Crippen molar-refractivity contribution < 1.29 is 0 Å². The third-order valence-electron chi connectivity index (χ3n) is 3.48. The number of aryl methyl sites for hydroxylation is 2. The van der Waals surface area contributed by atoms with Gasteiger partial charge in [-0.3, -0.25) is 0 Å². The molecule has 0 aromatic heterocycles. The predicted octanol–water partition coefficient (Wildman–Crippen LogP) is 1.84. The number of anilines is 2. The molecule has 4 heteroatoms. The Kier molecular flexibility index (Phi) is 6.82. The summed E-state index contributed by atoms with van der Waals surface area (Å²) in [7, 11) is 8.37. The zero-order valence-corrected chi connectivity index (χ0v) is 13.4. The van der Waals surface area contributed by atoms with Crippen LogP contribution in [0.25, 0.3) is 0 Å². The van der Waals surface area contributed by atoms with Crippen LogP contribution in [0.4, 0.5) is 11.4 Å². The van der Waals surface area contributed by atoms with Gasteiger partial charge in [0, 0.05) is 11.4 Å². The van der Waals surface area contributed by atoms with Gasteiger partial charge in [-0.2, -0.15) is 0 Å². The largest absolute Gasteiger partial charge is 0.399 e. The maximum atomic E-state index is 6.30. The van der Waals surface area contributed by atoms with Gasteiger partial charge in [0.2, 0.25) is 0 Å². The van der Waals surface area contributed by atoms with Gasteiger partial charge >= 0.3 is 0 Å². The van der Waals surface area contributed by atoms with Crippen molar-refractivity contribution in [3.8, 4) is 0 Å². The lowest BCUT2D eigenvalue weighted by atomic mass is 9.99. The highest BCUT2D eigenvalue weighted by Crippen LogP contribution is 2.24. The van der Waals surface area contributed by atoms with Crippen LogP contribution in [-0.4, -0.2) is 51.1 Å². The standard InChI is InChI=1S/C16H30N4/c1-19(2)9-5-7-13-11-15(17)12-14(16(13)18)8-6-10-20(3)4/h11-12H,5-10,17-18H2,1-4H3. The molecule has 0 amide bonds. The first kappa shape index (κ1) is 16.8. The first-order chi connectivity index (χ1) is 9.40. The van der Waals surface area contributed by atoms with E-state index in [-0.39, 0.29) is 0 Å². The summed E-state index contributed by atoms with van der Waals surface area (Å²) in [5.41, 5.74) is 16.5. The average Bonchev–Trinajstić information content (AvgIpc) is 2.33. The molecule has 0 saturated heterocycles. The van der Waals surface area contributed by atoms with Gasteiger partial charge in [0.05, 0.1) is 0 Å². The highest BCUT2D eigenvalue weighted by molar-refractivity contribution is 5.61. The van der Waals surface area contributed by atoms with E-state index in [1.165, 1.54) is 11.1 Å². The van der Waals surface area contributed by atoms with Crippen molar-refractivity contribution in [1.29, 1.82) is 0 Å². The SMILES string of the molecule is CN(C)CCCc1cc(N)cc(CCCN(C)C)c1N.